The SMILES string of the molecule is COC(=O)OC[N+]1(C)CCCCC1.O=S(=O)([O-])C(F)(F)F. The smallest absolute Gasteiger partial charge is 0.512 e. The van der Waals surface area contributed by atoms with E-state index >= 15 is 0 Å². The normalized spacial score (nSPS) is 18.2. The van der Waals surface area contributed by atoms with Crippen molar-refractivity contribution in [3.63, 3.8) is 0 Å². The molecule has 0 aromatic rings. The second-order valence-electron chi connectivity index (χ2n) is 4.75. The van der Waals surface area contributed by atoms with Gasteiger partial charge < -0.3 is 14.0 Å². The van der Waals surface area contributed by atoms with E-state index in [1.807, 2.05) is 0 Å². The van der Waals surface area contributed by atoms with Gasteiger partial charge in [0.25, 0.3) is 0 Å². The monoisotopic (exact) mass is 337 g/mol. The first-order valence-electron chi connectivity index (χ1n) is 5.98. The van der Waals surface area contributed by atoms with E-state index in [1.54, 1.807) is 0 Å². The van der Waals surface area contributed by atoms with Crippen LogP contribution < -0.4 is 0 Å². The lowest BCUT2D eigenvalue weighted by Gasteiger charge is -2.36. The summed E-state index contributed by atoms with van der Waals surface area (Å²) in [5.41, 5.74) is -5.65. The lowest BCUT2D eigenvalue weighted by Crippen LogP contribution is -2.49. The molecule has 1 rings (SSSR count). The molecule has 0 saturated carbocycles. The first-order valence-corrected chi connectivity index (χ1v) is 7.38. The summed E-state index contributed by atoms with van der Waals surface area (Å²) in [6, 6.07) is 0. The average Bonchev–Trinajstić information content (AvgIpc) is 2.35. The van der Waals surface area contributed by atoms with Crippen molar-refractivity contribution in [3.8, 4) is 0 Å². The van der Waals surface area contributed by atoms with E-state index in [9.17, 15) is 18.0 Å². The molecule has 1 saturated heterocycles. The van der Waals surface area contributed by atoms with Gasteiger partial charge in [-0.05, 0) is 19.3 Å². The summed E-state index contributed by atoms with van der Waals surface area (Å²) >= 11 is 0. The van der Waals surface area contributed by atoms with Gasteiger partial charge in [0, 0.05) is 0 Å². The fourth-order valence-electron chi connectivity index (χ4n) is 1.67. The Morgan fingerprint density at radius 3 is 2.00 bits per heavy atom. The van der Waals surface area contributed by atoms with Crippen LogP contribution in [-0.4, -0.2) is 63.1 Å². The summed E-state index contributed by atoms with van der Waals surface area (Å²) < 4.78 is 69.1. The van der Waals surface area contributed by atoms with Crippen LogP contribution in [0.25, 0.3) is 0 Å². The molecule has 0 atom stereocenters. The van der Waals surface area contributed by atoms with E-state index in [0.717, 1.165) is 17.6 Å². The van der Waals surface area contributed by atoms with E-state index in [4.69, 9.17) is 17.7 Å². The number of halogens is 3. The van der Waals surface area contributed by atoms with E-state index < -0.39 is 21.8 Å². The predicted molar refractivity (Wildman–Crippen MR) is 63.9 cm³/mol. The second kappa shape index (κ2) is 7.80. The second-order valence-corrected chi connectivity index (χ2v) is 6.13. The molecule has 0 aromatic carbocycles. The molecule has 0 unspecified atom stereocenters. The van der Waals surface area contributed by atoms with E-state index in [2.05, 4.69) is 11.8 Å². The molecule has 1 heterocycles. The summed E-state index contributed by atoms with van der Waals surface area (Å²) in [5, 5.41) is 0. The molecule has 1 fully saturated rings. The minimum atomic E-state index is -6.09. The minimum absolute atomic E-state index is 0.437. The zero-order chi connectivity index (χ0) is 16.7. The molecular weight excluding hydrogens is 319 g/mol. The molecule has 0 N–H and O–H groups in total. The highest BCUT2D eigenvalue weighted by atomic mass is 32.2. The number of piperidine rings is 1. The van der Waals surface area contributed by atoms with Gasteiger partial charge in [-0.15, -0.1) is 0 Å². The van der Waals surface area contributed by atoms with Crippen LogP contribution in [0.5, 0.6) is 0 Å². The molecule has 0 spiro atoms. The van der Waals surface area contributed by atoms with Gasteiger partial charge in [0.15, 0.2) is 10.1 Å². The van der Waals surface area contributed by atoms with Gasteiger partial charge in [0.05, 0.1) is 27.2 Å². The molecule has 126 valence electrons. The lowest BCUT2D eigenvalue weighted by atomic mass is 10.1. The third-order valence-corrected chi connectivity index (χ3v) is 3.41. The van der Waals surface area contributed by atoms with Crippen molar-refractivity contribution in [2.24, 2.45) is 0 Å². The molecule has 0 bridgehead atoms. The molecule has 0 amide bonds. The van der Waals surface area contributed by atoms with Gasteiger partial charge >= 0.3 is 11.7 Å². The van der Waals surface area contributed by atoms with Crippen LogP contribution in [0.1, 0.15) is 19.3 Å². The van der Waals surface area contributed by atoms with Crippen LogP contribution in [0.4, 0.5) is 18.0 Å². The fourth-order valence-corrected chi connectivity index (χ4v) is 1.67. The van der Waals surface area contributed by atoms with Crippen molar-refractivity contribution in [1.29, 1.82) is 0 Å². The van der Waals surface area contributed by atoms with Crippen LogP contribution in [0.3, 0.4) is 0 Å². The Morgan fingerprint density at radius 2 is 1.67 bits per heavy atom. The zero-order valence-corrected chi connectivity index (χ0v) is 12.5. The van der Waals surface area contributed by atoms with Crippen molar-refractivity contribution in [1.82, 2.24) is 0 Å². The van der Waals surface area contributed by atoms with Gasteiger partial charge in [-0.2, -0.15) is 13.2 Å². The third kappa shape index (κ3) is 8.07. The van der Waals surface area contributed by atoms with Crippen LogP contribution in [0, 0.1) is 0 Å². The fraction of sp³-hybridized carbons (Fsp3) is 0.900. The van der Waals surface area contributed by atoms with E-state index in [0.29, 0.717) is 6.73 Å². The largest absolute Gasteiger partial charge is 0.741 e. The van der Waals surface area contributed by atoms with Crippen LogP contribution in [0.2, 0.25) is 0 Å². The number of nitrogens with zero attached hydrogens (tertiary/aromatic N) is 1. The van der Waals surface area contributed by atoms with Gasteiger partial charge in [0.1, 0.15) is 0 Å². The quantitative estimate of drug-likeness (QED) is 0.327. The Morgan fingerprint density at radius 1 is 1.24 bits per heavy atom. The Balaban J connectivity index is 0.000000433. The predicted octanol–water partition coefficient (Wildman–Crippen LogP) is 1.41. The Kier molecular flexibility index (Phi) is 7.40. The maximum atomic E-state index is 10.7. The highest BCUT2D eigenvalue weighted by Gasteiger charge is 2.36. The van der Waals surface area contributed by atoms with Gasteiger partial charge in [0.2, 0.25) is 6.73 Å². The van der Waals surface area contributed by atoms with Crippen molar-refractivity contribution in [3.05, 3.63) is 0 Å². The lowest BCUT2D eigenvalue weighted by molar-refractivity contribution is -0.930. The highest BCUT2D eigenvalue weighted by molar-refractivity contribution is 7.86. The Labute approximate surface area is 121 Å². The number of ether oxygens (including phenoxy) is 2. The summed E-state index contributed by atoms with van der Waals surface area (Å²) in [6.45, 7) is 2.63. The van der Waals surface area contributed by atoms with Crippen LogP contribution in [0.15, 0.2) is 0 Å². The average molecular weight is 337 g/mol. The minimum Gasteiger partial charge on any atom is -0.741 e. The number of rotatable bonds is 2. The number of methoxy groups -OCH3 is 1. The van der Waals surface area contributed by atoms with Crippen molar-refractivity contribution in [2.75, 3.05) is 34.0 Å². The molecule has 7 nitrogen and oxygen atoms in total. The molecule has 1 aliphatic rings. The standard InChI is InChI=1S/C9H18NO3.CHF3O3S/c1-10(6-4-3-5-7-10)8-13-9(11)12-2;2-1(3,4)8(5,6)7/h3-8H2,1-2H3;(H,5,6,7)/q+1;/p-1. The maximum Gasteiger partial charge on any atom is 0.512 e. The van der Waals surface area contributed by atoms with Gasteiger partial charge in [-0.3, -0.25) is 4.48 Å². The summed E-state index contributed by atoms with van der Waals surface area (Å²) in [5.74, 6) is 0. The number of hydrogen-bond acceptors (Lipinski definition) is 6. The molecule has 1 aliphatic heterocycles. The number of likely N-dealkylation sites (tertiary alicyclic amines) is 1. The van der Waals surface area contributed by atoms with Crippen molar-refractivity contribution >= 4 is 16.3 Å². The first kappa shape index (κ1) is 19.9. The van der Waals surface area contributed by atoms with Crippen LogP contribution >= 0.6 is 0 Å². The number of quaternary nitrogens is 1. The Hall–Kier alpha value is -1.07. The molecule has 21 heavy (non-hydrogen) atoms. The number of hydrogen-bond donors (Lipinski definition) is 0. The molecule has 11 heteroatoms. The number of carbonyl (C=O) groups excluding carboxylic acids is 1. The Bertz CT molecular complexity index is 431. The first-order chi connectivity index (χ1) is 9.41. The van der Waals surface area contributed by atoms with Crippen molar-refractivity contribution in [2.45, 2.75) is 24.8 Å². The number of alkyl halides is 3. The number of carbonyl (C=O) groups is 1. The van der Waals surface area contributed by atoms with E-state index in [-0.39, 0.29) is 0 Å². The molecular formula is C10H18F3NO6S. The van der Waals surface area contributed by atoms with Gasteiger partial charge in [-0.25, -0.2) is 13.2 Å². The zero-order valence-electron chi connectivity index (χ0n) is 11.7. The molecule has 0 aliphatic carbocycles. The van der Waals surface area contributed by atoms with E-state index in [1.165, 1.54) is 26.4 Å². The summed E-state index contributed by atoms with van der Waals surface area (Å²) in [7, 11) is -2.65. The van der Waals surface area contributed by atoms with Crippen LogP contribution in [-0.2, 0) is 19.6 Å². The topological polar surface area (TPSA) is 92.7 Å². The summed E-state index contributed by atoms with van der Waals surface area (Å²) in [4.78, 5) is 10.7. The third-order valence-electron chi connectivity index (χ3n) is 2.84. The maximum absolute atomic E-state index is 10.7. The molecule has 0 aromatic heterocycles. The van der Waals surface area contributed by atoms with Gasteiger partial charge in [-0.1, -0.05) is 0 Å². The summed E-state index contributed by atoms with van der Waals surface area (Å²) in [6.07, 6.45) is 3.17. The van der Waals surface area contributed by atoms with Crippen molar-refractivity contribution < 1.29 is 44.9 Å². The molecule has 0 radical (unpaired) electrons. The highest BCUT2D eigenvalue weighted by Crippen LogP contribution is 2.20.